The lowest BCUT2D eigenvalue weighted by Crippen LogP contribution is -2.36. The third-order valence-corrected chi connectivity index (χ3v) is 4.12. The van der Waals surface area contributed by atoms with E-state index in [9.17, 15) is 10.5 Å². The van der Waals surface area contributed by atoms with E-state index >= 15 is 0 Å². The van der Waals surface area contributed by atoms with Crippen LogP contribution in [-0.4, -0.2) is 0 Å². The minimum atomic E-state index is -0.197. The molecule has 0 saturated carbocycles. The van der Waals surface area contributed by atoms with E-state index in [4.69, 9.17) is 0 Å². The van der Waals surface area contributed by atoms with E-state index in [1.54, 1.807) is 0 Å². The highest BCUT2D eigenvalue weighted by Gasteiger charge is 2.42. The van der Waals surface area contributed by atoms with E-state index in [0.29, 0.717) is 0 Å². The lowest BCUT2D eigenvalue weighted by atomic mass is 9.62. The van der Waals surface area contributed by atoms with Gasteiger partial charge in [-0.1, -0.05) is 41.5 Å². The third kappa shape index (κ3) is 2.99. The van der Waals surface area contributed by atoms with Gasteiger partial charge in [-0.15, -0.1) is 0 Å². The molecule has 0 amide bonds. The summed E-state index contributed by atoms with van der Waals surface area (Å²) >= 11 is 0. The van der Waals surface area contributed by atoms with E-state index in [1.807, 2.05) is 0 Å². The molecule has 0 aromatic carbocycles. The summed E-state index contributed by atoms with van der Waals surface area (Å²) in [7, 11) is 0. The summed E-state index contributed by atoms with van der Waals surface area (Å²) in [5, 5.41) is 18.7. The summed E-state index contributed by atoms with van der Waals surface area (Å²) in [6, 6.07) is 4.72. The fourth-order valence-corrected chi connectivity index (χ4v) is 1.84. The van der Waals surface area contributed by atoms with Gasteiger partial charge in [0.05, 0.1) is 24.0 Å². The van der Waals surface area contributed by atoms with Crippen molar-refractivity contribution in [3.63, 3.8) is 0 Å². The van der Waals surface area contributed by atoms with E-state index in [0.717, 1.165) is 12.8 Å². The van der Waals surface area contributed by atoms with Gasteiger partial charge in [0.2, 0.25) is 0 Å². The van der Waals surface area contributed by atoms with Gasteiger partial charge in [0, 0.05) is 0 Å². The maximum Gasteiger partial charge on any atom is 0.0677 e. The Hall–Kier alpha value is -1.02. The number of nitriles is 2. The molecule has 0 fully saturated rings. The molecule has 2 unspecified atom stereocenters. The molecule has 0 aliphatic carbocycles. The van der Waals surface area contributed by atoms with Gasteiger partial charge >= 0.3 is 0 Å². The Balaban J connectivity index is 5.26. The van der Waals surface area contributed by atoms with Crippen LogP contribution in [0.5, 0.6) is 0 Å². The Morgan fingerprint density at radius 1 is 0.812 bits per heavy atom. The van der Waals surface area contributed by atoms with Crippen LogP contribution in [0, 0.1) is 45.3 Å². The lowest BCUT2D eigenvalue weighted by molar-refractivity contribution is 0.120. The van der Waals surface area contributed by atoms with Crippen molar-refractivity contribution in [2.75, 3.05) is 0 Å². The standard InChI is InChI=1S/C14H24N2/c1-7-13(3,4)11(9-15)12(10-16)14(5,6)8-2/h11-12H,7-8H2,1-6H3. The molecular formula is C14H24N2. The fourth-order valence-electron chi connectivity index (χ4n) is 1.84. The molecule has 0 bridgehead atoms. The average Bonchev–Trinajstić information content (AvgIpc) is 2.24. The SMILES string of the molecule is CCC(C)(C)C(C#N)C(C#N)C(C)(C)CC. The average molecular weight is 220 g/mol. The normalized spacial score (nSPS) is 16.0. The Morgan fingerprint density at radius 3 is 1.19 bits per heavy atom. The number of hydrogen-bond donors (Lipinski definition) is 0. The van der Waals surface area contributed by atoms with Crippen molar-refractivity contribution in [3.05, 3.63) is 0 Å². The first-order chi connectivity index (χ1) is 7.26. The molecule has 2 nitrogen and oxygen atoms in total. The highest BCUT2D eigenvalue weighted by molar-refractivity contribution is 5.08. The maximum absolute atomic E-state index is 9.35. The van der Waals surface area contributed by atoms with Crippen molar-refractivity contribution in [1.29, 1.82) is 10.5 Å². The smallest absolute Gasteiger partial charge is 0.0677 e. The highest BCUT2D eigenvalue weighted by Crippen LogP contribution is 2.44. The van der Waals surface area contributed by atoms with Crippen LogP contribution in [0.3, 0.4) is 0 Å². The number of hydrogen-bond acceptors (Lipinski definition) is 2. The van der Waals surface area contributed by atoms with Crippen LogP contribution in [-0.2, 0) is 0 Å². The van der Waals surface area contributed by atoms with E-state index in [-0.39, 0.29) is 22.7 Å². The van der Waals surface area contributed by atoms with Crippen molar-refractivity contribution in [2.45, 2.75) is 54.4 Å². The van der Waals surface area contributed by atoms with Gasteiger partial charge in [-0.05, 0) is 23.7 Å². The zero-order valence-corrected chi connectivity index (χ0v) is 11.5. The van der Waals surface area contributed by atoms with Crippen molar-refractivity contribution in [2.24, 2.45) is 22.7 Å². The molecule has 0 heterocycles. The molecule has 0 radical (unpaired) electrons. The zero-order chi connectivity index (χ0) is 13.0. The van der Waals surface area contributed by atoms with Gasteiger partial charge in [-0.3, -0.25) is 0 Å². The summed E-state index contributed by atoms with van der Waals surface area (Å²) in [6.07, 6.45) is 1.84. The van der Waals surface area contributed by atoms with Crippen molar-refractivity contribution < 1.29 is 0 Å². The molecule has 90 valence electrons. The van der Waals surface area contributed by atoms with E-state index < -0.39 is 0 Å². The quantitative estimate of drug-likeness (QED) is 0.699. The van der Waals surface area contributed by atoms with Crippen molar-refractivity contribution in [3.8, 4) is 12.1 Å². The van der Waals surface area contributed by atoms with Crippen LogP contribution < -0.4 is 0 Å². The van der Waals surface area contributed by atoms with Gasteiger partial charge in [0.25, 0.3) is 0 Å². The zero-order valence-electron chi connectivity index (χ0n) is 11.5. The van der Waals surface area contributed by atoms with E-state index in [2.05, 4.69) is 53.7 Å². The molecule has 0 aliphatic rings. The van der Waals surface area contributed by atoms with Gasteiger partial charge in [0.1, 0.15) is 0 Å². The molecule has 2 atom stereocenters. The molecular weight excluding hydrogens is 196 g/mol. The second kappa shape index (κ2) is 5.35. The second-order valence-corrected chi connectivity index (χ2v) is 5.90. The first kappa shape index (κ1) is 15.0. The highest BCUT2D eigenvalue weighted by atomic mass is 14.5. The Morgan fingerprint density at radius 2 is 1.06 bits per heavy atom. The van der Waals surface area contributed by atoms with Gasteiger partial charge in [0.15, 0.2) is 0 Å². The predicted molar refractivity (Wildman–Crippen MR) is 66.4 cm³/mol. The minimum Gasteiger partial charge on any atom is -0.198 e. The largest absolute Gasteiger partial charge is 0.198 e. The molecule has 2 heteroatoms. The third-order valence-electron chi connectivity index (χ3n) is 4.12. The second-order valence-electron chi connectivity index (χ2n) is 5.90. The molecule has 0 spiro atoms. The summed E-state index contributed by atoms with van der Waals surface area (Å²) in [4.78, 5) is 0. The van der Waals surface area contributed by atoms with Crippen LogP contribution >= 0.6 is 0 Å². The maximum atomic E-state index is 9.35. The summed E-state index contributed by atoms with van der Waals surface area (Å²) in [5.41, 5.74) is -0.191. The summed E-state index contributed by atoms with van der Waals surface area (Å²) in [5.74, 6) is -0.394. The van der Waals surface area contributed by atoms with Gasteiger partial charge in [-0.25, -0.2) is 0 Å². The van der Waals surface area contributed by atoms with Crippen LogP contribution in [0.2, 0.25) is 0 Å². The minimum absolute atomic E-state index is 0.0956. The van der Waals surface area contributed by atoms with Crippen LogP contribution in [0.25, 0.3) is 0 Å². The Bertz CT molecular complexity index is 270. The van der Waals surface area contributed by atoms with Crippen molar-refractivity contribution >= 4 is 0 Å². The van der Waals surface area contributed by atoms with Crippen LogP contribution in [0.4, 0.5) is 0 Å². The summed E-state index contributed by atoms with van der Waals surface area (Å²) < 4.78 is 0. The molecule has 0 aliphatic heterocycles. The van der Waals surface area contributed by atoms with E-state index in [1.165, 1.54) is 0 Å². The summed E-state index contributed by atoms with van der Waals surface area (Å²) in [6.45, 7) is 12.5. The van der Waals surface area contributed by atoms with Gasteiger partial charge < -0.3 is 0 Å². The number of nitrogens with zero attached hydrogens (tertiary/aromatic N) is 2. The first-order valence-corrected chi connectivity index (χ1v) is 6.06. The fraction of sp³-hybridized carbons (Fsp3) is 0.857. The number of rotatable bonds is 5. The van der Waals surface area contributed by atoms with Crippen LogP contribution in [0.15, 0.2) is 0 Å². The first-order valence-electron chi connectivity index (χ1n) is 6.06. The lowest BCUT2D eigenvalue weighted by Gasteiger charge is -2.38. The van der Waals surface area contributed by atoms with Gasteiger partial charge in [-0.2, -0.15) is 10.5 Å². The molecule has 0 N–H and O–H groups in total. The van der Waals surface area contributed by atoms with Crippen LogP contribution in [0.1, 0.15) is 54.4 Å². The van der Waals surface area contributed by atoms with Crippen molar-refractivity contribution in [1.82, 2.24) is 0 Å². The monoisotopic (exact) mass is 220 g/mol. The molecule has 0 rings (SSSR count). The molecule has 0 aromatic rings. The molecule has 0 saturated heterocycles. The Labute approximate surface area is 100 Å². The Kier molecular flexibility index (Phi) is 5.01. The predicted octanol–water partition coefficient (Wildman–Crippen LogP) is 4.14. The topological polar surface area (TPSA) is 47.6 Å². The molecule has 0 aromatic heterocycles. The molecule has 16 heavy (non-hydrogen) atoms.